The second-order valence-corrected chi connectivity index (χ2v) is 8.67. The van der Waals surface area contributed by atoms with Crippen molar-refractivity contribution in [2.45, 2.75) is 44.1 Å². The number of carbonyl (C=O) groups is 1. The van der Waals surface area contributed by atoms with Crippen molar-refractivity contribution in [3.05, 3.63) is 42.0 Å². The summed E-state index contributed by atoms with van der Waals surface area (Å²) >= 11 is 0. The molecule has 158 valence electrons. The molecule has 0 saturated carbocycles. The Morgan fingerprint density at radius 3 is 2.59 bits per heavy atom. The minimum atomic E-state index is -3.47. The lowest BCUT2D eigenvalue weighted by Crippen LogP contribution is -2.15. The Kier molecular flexibility index (Phi) is 9.01. The molecule has 0 unspecified atom stereocenters. The average molecular weight is 421 g/mol. The molecule has 3 N–H and O–H groups in total. The van der Waals surface area contributed by atoms with Crippen LogP contribution in [-0.4, -0.2) is 43.4 Å². The van der Waals surface area contributed by atoms with Crippen molar-refractivity contribution in [1.29, 1.82) is 0 Å². The molecule has 1 aromatic heterocycles. The van der Waals surface area contributed by atoms with Gasteiger partial charge in [0.2, 0.25) is 0 Å². The van der Waals surface area contributed by atoms with Crippen LogP contribution in [0.3, 0.4) is 0 Å². The van der Waals surface area contributed by atoms with Crippen LogP contribution in [0.1, 0.15) is 49.4 Å². The van der Waals surface area contributed by atoms with Crippen LogP contribution < -0.4 is 15.8 Å². The van der Waals surface area contributed by atoms with Gasteiger partial charge in [0.1, 0.15) is 12.4 Å². The zero-order valence-electron chi connectivity index (χ0n) is 16.6. The second kappa shape index (κ2) is 11.5. The topological polar surface area (TPSA) is 124 Å². The van der Waals surface area contributed by atoms with E-state index >= 15 is 0 Å². The normalized spacial score (nSPS) is 11.2. The van der Waals surface area contributed by atoms with Gasteiger partial charge in [-0.05, 0) is 36.8 Å². The fourth-order valence-corrected chi connectivity index (χ4v) is 3.88. The van der Waals surface area contributed by atoms with Crippen molar-refractivity contribution in [1.82, 2.24) is 10.2 Å². The van der Waals surface area contributed by atoms with Gasteiger partial charge in [-0.25, -0.2) is 8.42 Å². The highest BCUT2D eigenvalue weighted by molar-refractivity contribution is 7.91. The van der Waals surface area contributed by atoms with Crippen LogP contribution in [-0.2, 0) is 9.84 Å². The average Bonchev–Trinajstić information content (AvgIpc) is 2.72. The van der Waals surface area contributed by atoms with Gasteiger partial charge in [-0.3, -0.25) is 4.79 Å². The fourth-order valence-electron chi connectivity index (χ4n) is 2.65. The van der Waals surface area contributed by atoms with Crippen molar-refractivity contribution >= 4 is 21.6 Å². The summed E-state index contributed by atoms with van der Waals surface area (Å²) in [4.78, 5) is 12.4. The molecule has 1 aromatic carbocycles. The highest BCUT2D eigenvalue weighted by Gasteiger charge is 2.17. The third kappa shape index (κ3) is 7.43. The molecule has 1 amide bonds. The zero-order valence-corrected chi connectivity index (χ0v) is 17.5. The van der Waals surface area contributed by atoms with E-state index in [9.17, 15) is 13.2 Å². The summed E-state index contributed by atoms with van der Waals surface area (Å²) < 4.78 is 30.1. The number of aromatic nitrogens is 2. The van der Waals surface area contributed by atoms with E-state index in [0.717, 1.165) is 25.7 Å². The Bertz CT molecular complexity index is 886. The van der Waals surface area contributed by atoms with Gasteiger partial charge in [-0.1, -0.05) is 38.7 Å². The Hall–Kier alpha value is -2.52. The first kappa shape index (κ1) is 22.8. The van der Waals surface area contributed by atoms with Crippen molar-refractivity contribution < 1.29 is 17.9 Å². The summed E-state index contributed by atoms with van der Waals surface area (Å²) in [5.74, 6) is 0.357. The number of unbranched alkanes of at least 4 members (excludes halogenated alkanes) is 4. The summed E-state index contributed by atoms with van der Waals surface area (Å²) in [7, 11) is -3.47. The summed E-state index contributed by atoms with van der Waals surface area (Å²) in [5.41, 5.74) is 5.78. The summed E-state index contributed by atoms with van der Waals surface area (Å²) in [6.45, 7) is 2.84. The van der Waals surface area contributed by atoms with E-state index in [-0.39, 0.29) is 16.6 Å². The molecule has 0 aliphatic heterocycles. The number of anilines is 1. The number of hydrogen-bond acceptors (Lipinski definition) is 7. The number of rotatable bonds is 12. The van der Waals surface area contributed by atoms with Crippen molar-refractivity contribution in [3.8, 4) is 5.75 Å². The highest BCUT2D eigenvalue weighted by Crippen LogP contribution is 2.16. The number of hydrogen-bond donors (Lipinski definition) is 2. The number of nitrogens with one attached hydrogen (secondary N) is 1. The van der Waals surface area contributed by atoms with E-state index in [0.29, 0.717) is 30.9 Å². The largest absolute Gasteiger partial charge is 0.492 e. The summed E-state index contributed by atoms with van der Waals surface area (Å²) in [6.07, 6.45) is 4.72. The molecule has 0 bridgehead atoms. The third-order valence-corrected chi connectivity index (χ3v) is 5.88. The van der Waals surface area contributed by atoms with E-state index < -0.39 is 15.7 Å². The van der Waals surface area contributed by atoms with Crippen LogP contribution in [0, 0.1) is 0 Å². The maximum Gasteiger partial charge on any atom is 0.256 e. The van der Waals surface area contributed by atoms with Crippen molar-refractivity contribution in [3.63, 3.8) is 0 Å². The van der Waals surface area contributed by atoms with E-state index in [2.05, 4.69) is 22.4 Å². The van der Waals surface area contributed by atoms with Gasteiger partial charge in [-0.2, -0.15) is 0 Å². The zero-order chi connectivity index (χ0) is 21.1. The first-order valence-electron chi connectivity index (χ1n) is 9.77. The Morgan fingerprint density at radius 2 is 1.90 bits per heavy atom. The van der Waals surface area contributed by atoms with Gasteiger partial charge >= 0.3 is 0 Å². The Balaban J connectivity index is 1.95. The maximum atomic E-state index is 12.4. The van der Waals surface area contributed by atoms with Gasteiger partial charge in [0.15, 0.2) is 20.7 Å². The molecule has 0 aliphatic rings. The van der Waals surface area contributed by atoms with Gasteiger partial charge in [-0.15, -0.1) is 10.2 Å². The second-order valence-electron chi connectivity index (χ2n) is 6.61. The first-order chi connectivity index (χ1) is 14.0. The lowest BCUT2D eigenvalue weighted by atomic mass is 10.2. The first-order valence-corrected chi connectivity index (χ1v) is 11.4. The molecule has 0 radical (unpaired) electrons. The lowest BCUT2D eigenvalue weighted by Gasteiger charge is -2.08. The third-order valence-electron chi connectivity index (χ3n) is 4.20. The van der Waals surface area contributed by atoms with Gasteiger partial charge in [0.25, 0.3) is 5.91 Å². The van der Waals surface area contributed by atoms with E-state index in [1.807, 2.05) is 0 Å². The molecular weight excluding hydrogens is 392 g/mol. The lowest BCUT2D eigenvalue weighted by molar-refractivity contribution is 0.102. The molecule has 0 fully saturated rings. The molecule has 9 heteroatoms. The predicted octanol–water partition coefficient (Wildman–Crippen LogP) is 2.81. The van der Waals surface area contributed by atoms with Crippen molar-refractivity contribution in [2.24, 2.45) is 5.73 Å². The van der Waals surface area contributed by atoms with Gasteiger partial charge in [0.05, 0.1) is 5.75 Å². The number of carbonyl (C=O) groups excluding carboxylic acids is 1. The van der Waals surface area contributed by atoms with Crippen molar-refractivity contribution in [2.75, 3.05) is 24.2 Å². The molecule has 0 aliphatic carbocycles. The number of nitrogens with two attached hydrogens (primary N) is 1. The number of sulfone groups is 1. The molecule has 0 spiro atoms. The molecule has 8 nitrogen and oxygen atoms in total. The van der Waals surface area contributed by atoms with Crippen LogP contribution in [0.15, 0.2) is 41.4 Å². The van der Waals surface area contributed by atoms with Crippen LogP contribution in [0.4, 0.5) is 5.82 Å². The molecule has 2 rings (SSSR count). The molecule has 0 atom stereocenters. The van der Waals surface area contributed by atoms with E-state index in [4.69, 9.17) is 10.5 Å². The summed E-state index contributed by atoms with van der Waals surface area (Å²) in [5, 5.41) is 10.1. The Morgan fingerprint density at radius 1 is 1.10 bits per heavy atom. The Labute approximate surface area is 171 Å². The maximum absolute atomic E-state index is 12.4. The number of nitrogens with zero attached hydrogens (tertiary/aromatic N) is 2. The molecule has 2 aromatic rings. The highest BCUT2D eigenvalue weighted by atomic mass is 32.2. The molecule has 1 heterocycles. The predicted molar refractivity (Wildman–Crippen MR) is 112 cm³/mol. The van der Waals surface area contributed by atoms with E-state index in [1.165, 1.54) is 12.1 Å². The standard InChI is InChI=1S/C20H28N4O4S/c1-2-3-4-5-6-14-29(26,27)19-11-10-18(23-24-19)22-20(25)16-8-7-9-17(15-16)28-13-12-21/h7-11,15H,2-6,12-14,21H2,1H3,(H,22,23,25). The van der Waals surface area contributed by atoms with E-state index in [1.54, 1.807) is 24.3 Å². The quantitative estimate of drug-likeness (QED) is 0.506. The number of benzene rings is 1. The van der Waals surface area contributed by atoms with Crippen LogP contribution in [0.5, 0.6) is 5.75 Å². The number of ether oxygens (including phenoxy) is 1. The molecule has 0 saturated heterocycles. The number of amides is 1. The van der Waals surface area contributed by atoms with Gasteiger partial charge < -0.3 is 15.8 Å². The fraction of sp³-hybridized carbons (Fsp3) is 0.450. The molecule has 29 heavy (non-hydrogen) atoms. The van der Waals surface area contributed by atoms with Crippen LogP contribution in [0.2, 0.25) is 0 Å². The molecular formula is C20H28N4O4S. The summed E-state index contributed by atoms with van der Waals surface area (Å²) in [6, 6.07) is 9.45. The minimum Gasteiger partial charge on any atom is -0.492 e. The SMILES string of the molecule is CCCCCCCS(=O)(=O)c1ccc(NC(=O)c2cccc(OCCN)c2)nn1. The minimum absolute atomic E-state index is 0.0483. The van der Waals surface area contributed by atoms with Crippen LogP contribution in [0.25, 0.3) is 0 Å². The van der Waals surface area contributed by atoms with Crippen LogP contribution >= 0.6 is 0 Å². The monoisotopic (exact) mass is 420 g/mol. The van der Waals surface area contributed by atoms with Gasteiger partial charge in [0, 0.05) is 12.1 Å². The smallest absolute Gasteiger partial charge is 0.256 e.